The number of hydrogen-bond acceptors (Lipinski definition) is 4. The van der Waals surface area contributed by atoms with Crippen LogP contribution in [0, 0.1) is 13.8 Å². The zero-order valence-corrected chi connectivity index (χ0v) is 15.3. The Morgan fingerprint density at radius 2 is 1.78 bits per heavy atom. The Bertz CT molecular complexity index is 980. The number of ether oxygens (including phenoxy) is 1. The summed E-state index contributed by atoms with van der Waals surface area (Å²) in [7, 11) is 0. The van der Waals surface area contributed by atoms with E-state index in [4.69, 9.17) is 4.74 Å². The number of aromatic amines is 1. The molecule has 3 rings (SSSR count). The normalized spacial score (nSPS) is 10.4. The van der Waals surface area contributed by atoms with E-state index in [-0.39, 0.29) is 17.9 Å². The maximum atomic E-state index is 12.2. The van der Waals surface area contributed by atoms with Gasteiger partial charge in [-0.25, -0.2) is 4.98 Å². The molecule has 1 aromatic heterocycles. The Morgan fingerprint density at radius 1 is 1.07 bits per heavy atom. The summed E-state index contributed by atoms with van der Waals surface area (Å²) in [5, 5.41) is 2.79. The first-order valence-electron chi connectivity index (χ1n) is 8.64. The molecular weight excluding hydrogens is 342 g/mol. The van der Waals surface area contributed by atoms with Gasteiger partial charge in [0.05, 0.1) is 6.42 Å². The van der Waals surface area contributed by atoms with Crippen LogP contribution in [0.25, 0.3) is 0 Å². The number of anilines is 1. The van der Waals surface area contributed by atoms with E-state index in [0.717, 1.165) is 5.56 Å². The molecule has 27 heavy (non-hydrogen) atoms. The van der Waals surface area contributed by atoms with Crippen molar-refractivity contribution in [1.29, 1.82) is 0 Å². The lowest BCUT2D eigenvalue weighted by atomic mass is 10.1. The number of aryl methyl sites for hydroxylation is 2. The third-order valence-corrected chi connectivity index (χ3v) is 4.06. The van der Waals surface area contributed by atoms with Gasteiger partial charge in [0.25, 0.3) is 5.56 Å². The number of aromatic nitrogens is 2. The first-order valence-corrected chi connectivity index (χ1v) is 8.64. The first-order chi connectivity index (χ1) is 13.0. The summed E-state index contributed by atoms with van der Waals surface area (Å²) in [6, 6.07) is 17.0. The van der Waals surface area contributed by atoms with Gasteiger partial charge in [-0.15, -0.1) is 0 Å². The predicted molar refractivity (Wildman–Crippen MR) is 104 cm³/mol. The van der Waals surface area contributed by atoms with Gasteiger partial charge >= 0.3 is 0 Å². The van der Waals surface area contributed by atoms with Crippen molar-refractivity contribution < 1.29 is 9.53 Å². The molecule has 0 aliphatic heterocycles. The van der Waals surface area contributed by atoms with Gasteiger partial charge in [-0.2, -0.15) is 0 Å². The predicted octanol–water partition coefficient (Wildman–Crippen LogP) is 3.15. The minimum absolute atomic E-state index is 0.0271. The first kappa shape index (κ1) is 18.4. The van der Waals surface area contributed by atoms with Gasteiger partial charge in [-0.05, 0) is 43.7 Å². The highest BCUT2D eigenvalue weighted by atomic mass is 16.5. The molecule has 0 fully saturated rings. The molecule has 0 radical (unpaired) electrons. The van der Waals surface area contributed by atoms with Crippen LogP contribution in [0.2, 0.25) is 0 Å². The van der Waals surface area contributed by atoms with Gasteiger partial charge in [0.2, 0.25) is 5.91 Å². The summed E-state index contributed by atoms with van der Waals surface area (Å²) in [5.41, 5.74) is 2.39. The molecule has 3 aromatic rings. The summed E-state index contributed by atoms with van der Waals surface area (Å²) in [5.74, 6) is 0.979. The number of rotatable bonds is 6. The molecule has 2 N–H and O–H groups in total. The molecule has 0 atom stereocenters. The fourth-order valence-electron chi connectivity index (χ4n) is 2.70. The van der Waals surface area contributed by atoms with Crippen molar-refractivity contribution in [3.63, 3.8) is 0 Å². The van der Waals surface area contributed by atoms with Crippen molar-refractivity contribution in [2.24, 2.45) is 0 Å². The molecule has 0 aliphatic carbocycles. The smallest absolute Gasteiger partial charge is 0.254 e. The number of nitrogens with zero attached hydrogens (tertiary/aromatic N) is 1. The van der Waals surface area contributed by atoms with Crippen LogP contribution in [0.1, 0.15) is 22.6 Å². The van der Waals surface area contributed by atoms with E-state index in [1.165, 1.54) is 0 Å². The molecule has 0 saturated heterocycles. The molecule has 2 aromatic carbocycles. The van der Waals surface area contributed by atoms with Crippen molar-refractivity contribution in [3.8, 4) is 5.75 Å². The van der Waals surface area contributed by atoms with Crippen LogP contribution in [0.5, 0.6) is 5.75 Å². The second-order valence-electron chi connectivity index (χ2n) is 6.24. The monoisotopic (exact) mass is 363 g/mol. The summed E-state index contributed by atoms with van der Waals surface area (Å²) in [6.07, 6.45) is -0.0271. The number of nitrogens with one attached hydrogen (secondary N) is 2. The standard InChI is InChI=1S/C21H21N3O3/c1-14-19(21(26)23-15(2)22-14)12-20(25)24-17-8-10-18(11-9-17)27-13-16-6-4-3-5-7-16/h3-11H,12-13H2,1-2H3,(H,24,25)(H,22,23,26). The largest absolute Gasteiger partial charge is 0.489 e. The minimum Gasteiger partial charge on any atom is -0.489 e. The van der Waals surface area contributed by atoms with Gasteiger partial charge in [0.15, 0.2) is 0 Å². The number of carbonyl (C=O) groups excluding carboxylic acids is 1. The Labute approximate surface area is 157 Å². The van der Waals surface area contributed by atoms with E-state index in [9.17, 15) is 9.59 Å². The average molecular weight is 363 g/mol. The lowest BCUT2D eigenvalue weighted by molar-refractivity contribution is -0.115. The van der Waals surface area contributed by atoms with E-state index in [1.54, 1.807) is 38.1 Å². The molecule has 6 nitrogen and oxygen atoms in total. The maximum Gasteiger partial charge on any atom is 0.254 e. The summed E-state index contributed by atoms with van der Waals surface area (Å²) in [4.78, 5) is 31.1. The van der Waals surface area contributed by atoms with Crippen LogP contribution in [-0.4, -0.2) is 15.9 Å². The van der Waals surface area contributed by atoms with Gasteiger partial charge in [-0.1, -0.05) is 30.3 Å². The topological polar surface area (TPSA) is 84.1 Å². The Kier molecular flexibility index (Phi) is 5.66. The zero-order chi connectivity index (χ0) is 19.2. The average Bonchev–Trinajstić information content (AvgIpc) is 2.65. The highest BCUT2D eigenvalue weighted by molar-refractivity contribution is 5.92. The van der Waals surface area contributed by atoms with Gasteiger partial charge in [0.1, 0.15) is 18.2 Å². The molecule has 1 amide bonds. The maximum absolute atomic E-state index is 12.2. The van der Waals surface area contributed by atoms with Crippen LogP contribution >= 0.6 is 0 Å². The molecule has 0 spiro atoms. The van der Waals surface area contributed by atoms with Crippen LogP contribution < -0.4 is 15.6 Å². The molecule has 0 unspecified atom stereocenters. The Balaban J connectivity index is 1.58. The SMILES string of the molecule is Cc1nc(C)c(CC(=O)Nc2ccc(OCc3ccccc3)cc2)c(=O)[nH]1. The lowest BCUT2D eigenvalue weighted by Gasteiger charge is -2.09. The van der Waals surface area contributed by atoms with Crippen molar-refractivity contribution in [3.05, 3.63) is 87.6 Å². The van der Waals surface area contributed by atoms with Crippen LogP contribution in [0.4, 0.5) is 5.69 Å². The molecular formula is C21H21N3O3. The summed E-state index contributed by atoms with van der Waals surface area (Å²) >= 11 is 0. The third-order valence-electron chi connectivity index (χ3n) is 4.06. The number of amides is 1. The fraction of sp³-hybridized carbons (Fsp3) is 0.190. The molecule has 6 heteroatoms. The summed E-state index contributed by atoms with van der Waals surface area (Å²) in [6.45, 7) is 3.92. The Morgan fingerprint density at radius 3 is 2.44 bits per heavy atom. The van der Waals surface area contributed by atoms with Crippen molar-refractivity contribution in [2.75, 3.05) is 5.32 Å². The lowest BCUT2D eigenvalue weighted by Crippen LogP contribution is -2.24. The fourth-order valence-corrected chi connectivity index (χ4v) is 2.70. The second-order valence-corrected chi connectivity index (χ2v) is 6.24. The number of hydrogen-bond donors (Lipinski definition) is 2. The molecule has 138 valence electrons. The third kappa shape index (κ3) is 5.04. The van der Waals surface area contributed by atoms with Crippen molar-refractivity contribution >= 4 is 11.6 Å². The van der Waals surface area contributed by atoms with Crippen molar-refractivity contribution in [2.45, 2.75) is 26.9 Å². The quantitative estimate of drug-likeness (QED) is 0.705. The van der Waals surface area contributed by atoms with Crippen molar-refractivity contribution in [1.82, 2.24) is 9.97 Å². The highest BCUT2D eigenvalue weighted by Gasteiger charge is 2.12. The molecule has 0 saturated carbocycles. The van der Waals surface area contributed by atoms with Crippen LogP contribution in [0.15, 0.2) is 59.4 Å². The van der Waals surface area contributed by atoms with Crippen LogP contribution in [-0.2, 0) is 17.8 Å². The van der Waals surface area contributed by atoms with Crippen LogP contribution in [0.3, 0.4) is 0 Å². The molecule has 1 heterocycles. The van der Waals surface area contributed by atoms with E-state index >= 15 is 0 Å². The highest BCUT2D eigenvalue weighted by Crippen LogP contribution is 2.17. The van der Waals surface area contributed by atoms with E-state index < -0.39 is 0 Å². The van der Waals surface area contributed by atoms with E-state index in [0.29, 0.717) is 35.1 Å². The number of H-pyrrole nitrogens is 1. The molecule has 0 bridgehead atoms. The Hall–Kier alpha value is -3.41. The minimum atomic E-state index is -0.278. The number of carbonyl (C=O) groups is 1. The van der Waals surface area contributed by atoms with E-state index in [2.05, 4.69) is 15.3 Å². The summed E-state index contributed by atoms with van der Waals surface area (Å²) < 4.78 is 5.72. The zero-order valence-electron chi connectivity index (χ0n) is 15.3. The molecule has 0 aliphatic rings. The van der Waals surface area contributed by atoms with Gasteiger partial charge in [0, 0.05) is 16.9 Å². The van der Waals surface area contributed by atoms with Gasteiger partial charge < -0.3 is 15.0 Å². The second kappa shape index (κ2) is 8.31. The number of benzene rings is 2. The van der Waals surface area contributed by atoms with E-state index in [1.807, 2.05) is 30.3 Å². The van der Waals surface area contributed by atoms with Gasteiger partial charge in [-0.3, -0.25) is 9.59 Å².